The molecule has 6 heteroatoms. The monoisotopic (exact) mass is 285 g/mol. The molecular formula is C14H11N3O2S. The smallest absolute Gasteiger partial charge is 0.336 e. The van der Waals surface area contributed by atoms with Crippen LogP contribution in [0.2, 0.25) is 0 Å². The van der Waals surface area contributed by atoms with Crippen molar-refractivity contribution in [1.82, 2.24) is 9.97 Å². The van der Waals surface area contributed by atoms with E-state index in [1.165, 1.54) is 11.3 Å². The Hall–Kier alpha value is -2.47. The number of thiazole rings is 1. The minimum absolute atomic E-state index is 0.256. The quantitative estimate of drug-likeness (QED) is 0.771. The van der Waals surface area contributed by atoms with E-state index in [1.54, 1.807) is 30.3 Å². The second-order valence-electron chi connectivity index (χ2n) is 4.29. The van der Waals surface area contributed by atoms with Crippen LogP contribution in [0.25, 0.3) is 10.9 Å². The summed E-state index contributed by atoms with van der Waals surface area (Å²) in [5.41, 5.74) is 1.85. The van der Waals surface area contributed by atoms with E-state index in [0.29, 0.717) is 16.7 Å². The first kappa shape index (κ1) is 12.6. The number of aryl methyl sites for hydroxylation is 1. The van der Waals surface area contributed by atoms with Crippen LogP contribution in [0.4, 0.5) is 10.9 Å². The standard InChI is InChI=1S/C14H11N3O2S/c1-8-7-20-14(15-8)17-12-6-5-9-10(13(18)19)3-2-4-11(9)16-12/h2-7H,1H3,(H,18,19)(H,15,16,17). The molecule has 0 fully saturated rings. The van der Waals surface area contributed by atoms with E-state index in [-0.39, 0.29) is 5.56 Å². The van der Waals surface area contributed by atoms with E-state index in [4.69, 9.17) is 5.11 Å². The number of fused-ring (bicyclic) bond motifs is 1. The van der Waals surface area contributed by atoms with Crippen LogP contribution < -0.4 is 5.32 Å². The molecule has 2 heterocycles. The lowest BCUT2D eigenvalue weighted by molar-refractivity contribution is 0.0699. The predicted octanol–water partition coefficient (Wildman–Crippen LogP) is 3.44. The first-order valence-corrected chi connectivity index (χ1v) is 6.84. The number of benzene rings is 1. The SMILES string of the molecule is Cc1csc(Nc2ccc3c(C(=O)O)cccc3n2)n1. The molecule has 0 atom stereocenters. The lowest BCUT2D eigenvalue weighted by Gasteiger charge is -2.05. The number of nitrogens with one attached hydrogen (secondary N) is 1. The van der Waals surface area contributed by atoms with Crippen molar-refractivity contribution in [1.29, 1.82) is 0 Å². The number of rotatable bonds is 3. The molecule has 2 N–H and O–H groups in total. The number of anilines is 2. The summed E-state index contributed by atoms with van der Waals surface area (Å²) in [4.78, 5) is 19.9. The highest BCUT2D eigenvalue weighted by Gasteiger charge is 2.09. The number of carbonyl (C=O) groups is 1. The maximum absolute atomic E-state index is 11.1. The number of pyridine rings is 1. The number of nitrogens with zero attached hydrogens (tertiary/aromatic N) is 2. The normalized spacial score (nSPS) is 10.7. The summed E-state index contributed by atoms with van der Waals surface area (Å²) in [6.45, 7) is 1.93. The third-order valence-electron chi connectivity index (χ3n) is 2.82. The largest absolute Gasteiger partial charge is 0.478 e. The Morgan fingerprint density at radius 2 is 2.10 bits per heavy atom. The Labute approximate surface area is 118 Å². The van der Waals surface area contributed by atoms with Crippen LogP contribution in [0.5, 0.6) is 0 Å². The zero-order chi connectivity index (χ0) is 14.1. The van der Waals surface area contributed by atoms with Gasteiger partial charge in [0.05, 0.1) is 16.8 Å². The highest BCUT2D eigenvalue weighted by molar-refractivity contribution is 7.13. The molecule has 2 aromatic heterocycles. The van der Waals surface area contributed by atoms with Gasteiger partial charge in [-0.15, -0.1) is 11.3 Å². The van der Waals surface area contributed by atoms with E-state index in [9.17, 15) is 4.79 Å². The molecular weight excluding hydrogens is 274 g/mol. The van der Waals surface area contributed by atoms with Crippen molar-refractivity contribution in [2.45, 2.75) is 6.92 Å². The predicted molar refractivity (Wildman–Crippen MR) is 78.8 cm³/mol. The van der Waals surface area contributed by atoms with E-state index >= 15 is 0 Å². The Kier molecular flexibility index (Phi) is 3.08. The van der Waals surface area contributed by atoms with E-state index in [0.717, 1.165) is 10.8 Å². The average molecular weight is 285 g/mol. The lowest BCUT2D eigenvalue weighted by Crippen LogP contribution is -1.99. The van der Waals surface area contributed by atoms with Crippen LogP contribution in [-0.4, -0.2) is 21.0 Å². The van der Waals surface area contributed by atoms with Gasteiger partial charge in [0.1, 0.15) is 5.82 Å². The molecule has 20 heavy (non-hydrogen) atoms. The lowest BCUT2D eigenvalue weighted by atomic mass is 10.1. The van der Waals surface area contributed by atoms with Crippen molar-refractivity contribution < 1.29 is 9.90 Å². The Morgan fingerprint density at radius 3 is 2.80 bits per heavy atom. The third kappa shape index (κ3) is 2.33. The molecule has 3 rings (SSSR count). The van der Waals surface area contributed by atoms with Gasteiger partial charge in [0.15, 0.2) is 5.13 Å². The van der Waals surface area contributed by atoms with Crippen molar-refractivity contribution in [3.63, 3.8) is 0 Å². The van der Waals surface area contributed by atoms with Gasteiger partial charge in [-0.25, -0.2) is 14.8 Å². The van der Waals surface area contributed by atoms with Gasteiger partial charge in [-0.1, -0.05) is 6.07 Å². The van der Waals surface area contributed by atoms with Crippen LogP contribution >= 0.6 is 11.3 Å². The van der Waals surface area contributed by atoms with Gasteiger partial charge in [-0.3, -0.25) is 0 Å². The summed E-state index contributed by atoms with van der Waals surface area (Å²) >= 11 is 1.50. The van der Waals surface area contributed by atoms with Gasteiger partial charge in [0, 0.05) is 10.8 Å². The average Bonchev–Trinajstić information content (AvgIpc) is 2.83. The fourth-order valence-corrected chi connectivity index (χ4v) is 2.63. The zero-order valence-electron chi connectivity index (χ0n) is 10.6. The maximum atomic E-state index is 11.1. The molecule has 0 spiro atoms. The summed E-state index contributed by atoms with van der Waals surface area (Å²) < 4.78 is 0. The van der Waals surface area contributed by atoms with Gasteiger partial charge in [-0.2, -0.15) is 0 Å². The van der Waals surface area contributed by atoms with Crippen LogP contribution in [0, 0.1) is 6.92 Å². The first-order valence-electron chi connectivity index (χ1n) is 5.96. The Bertz CT molecular complexity index is 798. The molecule has 0 aliphatic heterocycles. The molecule has 0 saturated carbocycles. The molecule has 3 aromatic rings. The number of aromatic carboxylic acids is 1. The fraction of sp³-hybridized carbons (Fsp3) is 0.0714. The molecule has 0 unspecified atom stereocenters. The van der Waals surface area contributed by atoms with Gasteiger partial charge in [-0.05, 0) is 31.2 Å². The van der Waals surface area contributed by atoms with Crippen molar-refractivity contribution in [3.8, 4) is 0 Å². The van der Waals surface area contributed by atoms with Crippen molar-refractivity contribution in [2.24, 2.45) is 0 Å². The summed E-state index contributed by atoms with van der Waals surface area (Å²) in [5.74, 6) is -0.303. The number of aromatic nitrogens is 2. The number of carboxylic acids is 1. The molecule has 5 nitrogen and oxygen atoms in total. The number of hydrogen-bond acceptors (Lipinski definition) is 5. The summed E-state index contributed by atoms with van der Waals surface area (Å²) in [6.07, 6.45) is 0. The number of carboxylic acid groups (broad SMARTS) is 1. The topological polar surface area (TPSA) is 75.1 Å². The van der Waals surface area contributed by atoms with Crippen molar-refractivity contribution in [3.05, 3.63) is 47.0 Å². The van der Waals surface area contributed by atoms with Crippen LogP contribution in [0.1, 0.15) is 16.1 Å². The third-order valence-corrected chi connectivity index (χ3v) is 3.69. The molecule has 0 bridgehead atoms. The fourth-order valence-electron chi connectivity index (χ4n) is 1.93. The van der Waals surface area contributed by atoms with Crippen molar-refractivity contribution >= 4 is 39.2 Å². The van der Waals surface area contributed by atoms with Crippen LogP contribution in [-0.2, 0) is 0 Å². The van der Waals surface area contributed by atoms with E-state index < -0.39 is 5.97 Å². The zero-order valence-corrected chi connectivity index (χ0v) is 11.4. The molecule has 0 aliphatic carbocycles. The Morgan fingerprint density at radius 1 is 1.25 bits per heavy atom. The molecule has 0 aliphatic rings. The first-order chi connectivity index (χ1) is 9.63. The van der Waals surface area contributed by atoms with Crippen LogP contribution in [0.15, 0.2) is 35.7 Å². The molecule has 0 amide bonds. The molecule has 1 aromatic carbocycles. The second kappa shape index (κ2) is 4.90. The van der Waals surface area contributed by atoms with Gasteiger partial charge in [0.25, 0.3) is 0 Å². The van der Waals surface area contributed by atoms with E-state index in [1.807, 2.05) is 12.3 Å². The summed E-state index contributed by atoms with van der Waals surface area (Å²) in [7, 11) is 0. The molecule has 100 valence electrons. The summed E-state index contributed by atoms with van der Waals surface area (Å²) in [6, 6.07) is 8.57. The molecule has 0 radical (unpaired) electrons. The van der Waals surface area contributed by atoms with Crippen LogP contribution in [0.3, 0.4) is 0 Å². The maximum Gasteiger partial charge on any atom is 0.336 e. The van der Waals surface area contributed by atoms with Gasteiger partial charge >= 0.3 is 5.97 Å². The highest BCUT2D eigenvalue weighted by Crippen LogP contribution is 2.23. The number of hydrogen-bond donors (Lipinski definition) is 2. The minimum atomic E-state index is -0.950. The Balaban J connectivity index is 2.01. The summed E-state index contributed by atoms with van der Waals surface area (Å²) in [5, 5.41) is 15.6. The molecule has 0 saturated heterocycles. The minimum Gasteiger partial charge on any atom is -0.478 e. The second-order valence-corrected chi connectivity index (χ2v) is 5.15. The van der Waals surface area contributed by atoms with Gasteiger partial charge in [0.2, 0.25) is 0 Å². The van der Waals surface area contributed by atoms with E-state index in [2.05, 4.69) is 15.3 Å². The van der Waals surface area contributed by atoms with Gasteiger partial charge < -0.3 is 10.4 Å². The highest BCUT2D eigenvalue weighted by atomic mass is 32.1. The van der Waals surface area contributed by atoms with Crippen molar-refractivity contribution in [2.75, 3.05) is 5.32 Å².